The molecule has 2 saturated carbocycles. The molecular weight excluding hydrogens is 402 g/mol. The van der Waals surface area contributed by atoms with E-state index in [1.54, 1.807) is 19.0 Å². The molecule has 3 aliphatic carbocycles. The van der Waals surface area contributed by atoms with Gasteiger partial charge in [-0.15, -0.1) is 18.8 Å². The van der Waals surface area contributed by atoms with Crippen molar-refractivity contribution in [1.82, 2.24) is 4.90 Å². The number of nitrogens with zero attached hydrogens (tertiary/aromatic N) is 1. The fourth-order valence-corrected chi connectivity index (χ4v) is 6.39. The molecule has 4 unspecified atom stereocenters. The minimum atomic E-state index is -1.00. The van der Waals surface area contributed by atoms with Gasteiger partial charge in [0.1, 0.15) is 11.4 Å². The Morgan fingerprint density at radius 2 is 2.03 bits per heavy atom. The quantitative estimate of drug-likeness (QED) is 0.560. The molecule has 1 aromatic rings. The summed E-state index contributed by atoms with van der Waals surface area (Å²) in [5, 5.41) is 20.4. The van der Waals surface area contributed by atoms with Gasteiger partial charge in [-0.05, 0) is 93.6 Å². The van der Waals surface area contributed by atoms with Crippen molar-refractivity contribution in [2.24, 2.45) is 17.3 Å². The van der Waals surface area contributed by atoms with Crippen LogP contribution in [0.1, 0.15) is 56.1 Å². The highest BCUT2D eigenvalue weighted by Crippen LogP contribution is 2.64. The molecule has 0 spiro atoms. The lowest BCUT2D eigenvalue weighted by Crippen LogP contribution is -2.50. The van der Waals surface area contributed by atoms with Crippen LogP contribution < -0.4 is 4.74 Å². The number of carbonyl (C=O) groups is 1. The van der Waals surface area contributed by atoms with E-state index in [0.29, 0.717) is 29.9 Å². The number of rotatable bonds is 4. The van der Waals surface area contributed by atoms with E-state index in [1.165, 1.54) is 11.1 Å². The lowest BCUT2D eigenvalue weighted by Gasteiger charge is -2.52. The number of fused-ring (bicyclic) bond motifs is 5. The molecule has 0 saturated heterocycles. The van der Waals surface area contributed by atoms with Crippen molar-refractivity contribution in [3.05, 3.63) is 29.3 Å². The Hall–Kier alpha value is -1.74. The Balaban J connectivity index is 0.00000256. The summed E-state index contributed by atoms with van der Waals surface area (Å²) < 4.78 is 5.74. The number of carboxylic acids is 1. The maximum atomic E-state index is 11.4. The Morgan fingerprint density at radius 1 is 1.30 bits per heavy atom. The number of aliphatic hydroxyl groups is 1. The van der Waals surface area contributed by atoms with E-state index in [0.717, 1.165) is 32.1 Å². The van der Waals surface area contributed by atoms with Crippen molar-refractivity contribution in [2.45, 2.75) is 63.2 Å². The molecule has 0 heterocycles. The van der Waals surface area contributed by atoms with Crippen LogP contribution in [0, 0.1) is 29.6 Å². The molecule has 0 amide bonds. The van der Waals surface area contributed by atoms with Crippen molar-refractivity contribution in [1.29, 1.82) is 0 Å². The summed E-state index contributed by atoms with van der Waals surface area (Å²) in [6.07, 6.45) is 10.5. The fourth-order valence-electron chi connectivity index (χ4n) is 6.39. The number of terminal acetylenes is 1. The van der Waals surface area contributed by atoms with E-state index in [-0.39, 0.29) is 17.8 Å². The van der Waals surface area contributed by atoms with Gasteiger partial charge in [-0.3, -0.25) is 4.90 Å². The van der Waals surface area contributed by atoms with Crippen LogP contribution in [0.4, 0.5) is 0 Å². The first-order valence-electron chi connectivity index (χ1n) is 10.6. The standard InChI is InChI=1S/C24H31NO4.ClH/c1-5-24(28)13-11-20-19-8-6-15-14-16(29-21(22(26)27)25(3)4)7-9-17(15)18(19)10-12-23(20,24)2;/h1,7,9,14,18-21,28H,6,8,10-13H2,2-4H3,(H,26,27);1H/t18?,19?,20?,21?,23-,24-;/m0./s1. The Morgan fingerprint density at radius 3 is 2.67 bits per heavy atom. The van der Waals surface area contributed by atoms with Gasteiger partial charge in [0.15, 0.2) is 0 Å². The Bertz CT molecular complexity index is 865. The highest BCUT2D eigenvalue weighted by atomic mass is 35.5. The van der Waals surface area contributed by atoms with Crippen LogP contribution in [0.3, 0.4) is 0 Å². The number of halogens is 1. The molecule has 6 atom stereocenters. The number of aryl methyl sites for hydroxylation is 1. The summed E-state index contributed by atoms with van der Waals surface area (Å²) in [5.74, 6) is 3.81. The predicted octanol–water partition coefficient (Wildman–Crippen LogP) is 3.68. The van der Waals surface area contributed by atoms with Gasteiger partial charge in [0.25, 0.3) is 0 Å². The van der Waals surface area contributed by atoms with Gasteiger partial charge in [0, 0.05) is 5.41 Å². The summed E-state index contributed by atoms with van der Waals surface area (Å²) in [4.78, 5) is 13.0. The fraction of sp³-hybridized carbons (Fsp3) is 0.625. The van der Waals surface area contributed by atoms with Crippen molar-refractivity contribution >= 4 is 18.4 Å². The van der Waals surface area contributed by atoms with Crippen molar-refractivity contribution in [3.63, 3.8) is 0 Å². The molecule has 6 heteroatoms. The number of likely N-dealkylation sites (N-methyl/N-ethyl adjacent to an activating group) is 1. The number of benzene rings is 1. The molecule has 0 aromatic heterocycles. The van der Waals surface area contributed by atoms with Crippen LogP contribution in [0.2, 0.25) is 0 Å². The molecule has 0 bridgehead atoms. The topological polar surface area (TPSA) is 70.0 Å². The van der Waals surface area contributed by atoms with Crippen LogP contribution in [0.25, 0.3) is 0 Å². The van der Waals surface area contributed by atoms with Crippen LogP contribution >= 0.6 is 12.4 Å². The van der Waals surface area contributed by atoms with Crippen molar-refractivity contribution < 1.29 is 19.7 Å². The van der Waals surface area contributed by atoms with E-state index in [2.05, 4.69) is 18.9 Å². The third-order valence-electron chi connectivity index (χ3n) is 8.02. The summed E-state index contributed by atoms with van der Waals surface area (Å²) in [7, 11) is 3.39. The molecule has 2 N–H and O–H groups in total. The summed E-state index contributed by atoms with van der Waals surface area (Å²) in [6, 6.07) is 6.05. The smallest absolute Gasteiger partial charge is 0.360 e. The lowest BCUT2D eigenvalue weighted by molar-refractivity contribution is -0.152. The largest absolute Gasteiger partial charge is 0.477 e. The van der Waals surface area contributed by atoms with Gasteiger partial charge in [0.2, 0.25) is 6.23 Å². The number of hydrogen-bond donors (Lipinski definition) is 2. The van der Waals surface area contributed by atoms with Crippen LogP contribution in [0.5, 0.6) is 5.75 Å². The Labute approximate surface area is 185 Å². The molecule has 1 aromatic carbocycles. The second kappa shape index (κ2) is 8.07. The first kappa shape index (κ1) is 22.9. The lowest BCUT2D eigenvalue weighted by atomic mass is 9.53. The first-order chi connectivity index (χ1) is 13.7. The normalized spacial score (nSPS) is 35.3. The number of ether oxygens (including phenoxy) is 1. The van der Waals surface area contributed by atoms with Gasteiger partial charge < -0.3 is 14.9 Å². The minimum absolute atomic E-state index is 0. The summed E-state index contributed by atoms with van der Waals surface area (Å²) >= 11 is 0. The number of hydrogen-bond acceptors (Lipinski definition) is 4. The molecule has 2 fully saturated rings. The first-order valence-corrected chi connectivity index (χ1v) is 10.6. The minimum Gasteiger partial charge on any atom is -0.477 e. The van der Waals surface area contributed by atoms with E-state index in [9.17, 15) is 15.0 Å². The molecule has 3 aliphatic rings. The molecular formula is C24H32ClNO4. The van der Waals surface area contributed by atoms with Gasteiger partial charge in [-0.1, -0.05) is 18.9 Å². The van der Waals surface area contributed by atoms with Crippen LogP contribution in [-0.2, 0) is 11.2 Å². The summed E-state index contributed by atoms with van der Waals surface area (Å²) in [5.41, 5.74) is 1.46. The zero-order valence-corrected chi connectivity index (χ0v) is 18.7. The average Bonchev–Trinajstić information content (AvgIpc) is 2.96. The van der Waals surface area contributed by atoms with E-state index in [1.807, 2.05) is 12.1 Å². The molecule has 0 aliphatic heterocycles. The maximum absolute atomic E-state index is 11.4. The second-order valence-electron chi connectivity index (χ2n) is 9.55. The van der Waals surface area contributed by atoms with E-state index >= 15 is 0 Å². The Kier molecular flexibility index (Phi) is 6.17. The third kappa shape index (κ3) is 3.39. The highest BCUT2D eigenvalue weighted by molar-refractivity contribution is 5.85. The van der Waals surface area contributed by atoms with Crippen LogP contribution in [0.15, 0.2) is 18.2 Å². The average molecular weight is 434 g/mol. The van der Waals surface area contributed by atoms with Crippen molar-refractivity contribution in [2.75, 3.05) is 14.1 Å². The number of aliphatic carboxylic acids is 1. The zero-order chi connectivity index (χ0) is 21.0. The maximum Gasteiger partial charge on any atom is 0.360 e. The van der Waals surface area contributed by atoms with Gasteiger partial charge >= 0.3 is 5.97 Å². The molecule has 0 radical (unpaired) electrons. The van der Waals surface area contributed by atoms with E-state index < -0.39 is 17.8 Å². The highest BCUT2D eigenvalue weighted by Gasteiger charge is 2.61. The van der Waals surface area contributed by atoms with E-state index in [4.69, 9.17) is 11.2 Å². The molecule has 30 heavy (non-hydrogen) atoms. The van der Waals surface area contributed by atoms with Gasteiger partial charge in [-0.25, -0.2) is 4.79 Å². The summed E-state index contributed by atoms with van der Waals surface area (Å²) in [6.45, 7) is 2.19. The predicted molar refractivity (Wildman–Crippen MR) is 118 cm³/mol. The SMILES string of the molecule is C#C[C@]1(O)CCC2C3CCc4cc(OC(C(=O)O)N(C)C)ccc4C3CC[C@@]21C.Cl. The van der Waals surface area contributed by atoms with Gasteiger partial charge in [-0.2, -0.15) is 0 Å². The monoisotopic (exact) mass is 433 g/mol. The molecule has 5 nitrogen and oxygen atoms in total. The zero-order valence-electron chi connectivity index (χ0n) is 17.9. The number of carboxylic acid groups (broad SMARTS) is 1. The van der Waals surface area contributed by atoms with Gasteiger partial charge in [0.05, 0.1) is 0 Å². The molecule has 4 rings (SSSR count). The van der Waals surface area contributed by atoms with Crippen molar-refractivity contribution in [3.8, 4) is 18.1 Å². The van der Waals surface area contributed by atoms with Crippen LogP contribution in [-0.4, -0.2) is 47.0 Å². The second-order valence-corrected chi connectivity index (χ2v) is 9.55. The molecule has 164 valence electrons. The third-order valence-corrected chi connectivity index (χ3v) is 8.02.